The van der Waals surface area contributed by atoms with E-state index in [0.717, 1.165) is 30.7 Å². The van der Waals surface area contributed by atoms with Gasteiger partial charge < -0.3 is 5.32 Å². The third kappa shape index (κ3) is 4.67. The zero-order valence-corrected chi connectivity index (χ0v) is 9.98. The van der Waals surface area contributed by atoms with Crippen molar-refractivity contribution in [2.24, 2.45) is 0 Å². The molecule has 17 heavy (non-hydrogen) atoms. The number of alkyl halides is 3. The van der Waals surface area contributed by atoms with Gasteiger partial charge in [-0.1, -0.05) is 25.5 Å². The van der Waals surface area contributed by atoms with Gasteiger partial charge in [0.05, 0.1) is 5.57 Å². The van der Waals surface area contributed by atoms with E-state index in [0.29, 0.717) is 6.04 Å². The second-order valence-electron chi connectivity index (χ2n) is 4.30. The van der Waals surface area contributed by atoms with Gasteiger partial charge in [-0.05, 0) is 31.9 Å². The van der Waals surface area contributed by atoms with Gasteiger partial charge in [0.15, 0.2) is 0 Å². The Kier molecular flexibility index (Phi) is 4.85. The topological polar surface area (TPSA) is 12.0 Å². The molecule has 1 fully saturated rings. The third-order valence-corrected chi connectivity index (χ3v) is 2.85. The van der Waals surface area contributed by atoms with Gasteiger partial charge in [-0.2, -0.15) is 13.2 Å². The Labute approximate surface area is 100 Å². The van der Waals surface area contributed by atoms with Crippen LogP contribution in [0.15, 0.2) is 36.1 Å². The lowest BCUT2D eigenvalue weighted by Crippen LogP contribution is -2.23. The highest BCUT2D eigenvalue weighted by molar-refractivity contribution is 5.27. The fourth-order valence-corrected chi connectivity index (χ4v) is 1.93. The summed E-state index contributed by atoms with van der Waals surface area (Å²) in [4.78, 5) is 0. The van der Waals surface area contributed by atoms with Crippen LogP contribution in [0.3, 0.4) is 0 Å². The van der Waals surface area contributed by atoms with Crippen LogP contribution in [-0.4, -0.2) is 12.2 Å². The lowest BCUT2D eigenvalue weighted by Gasteiger charge is -2.13. The fourth-order valence-electron chi connectivity index (χ4n) is 1.93. The van der Waals surface area contributed by atoms with Crippen molar-refractivity contribution < 1.29 is 13.2 Å². The van der Waals surface area contributed by atoms with Crippen LogP contribution >= 0.6 is 0 Å². The first-order valence-corrected chi connectivity index (χ1v) is 5.78. The standard InChI is InChI=1S/C13H18F3N/c1-3-11(13(14,15)16)9-8-10(2)17-12-6-4-5-7-12/h3,8-9,12,17H,1,4-7H2,2H3/b10-8+,11-9+. The number of halogens is 3. The predicted octanol–water partition coefficient (Wildman–Crippen LogP) is 4.10. The molecule has 0 spiro atoms. The summed E-state index contributed by atoms with van der Waals surface area (Å²) >= 11 is 0. The second-order valence-corrected chi connectivity index (χ2v) is 4.30. The van der Waals surface area contributed by atoms with E-state index in [1.54, 1.807) is 6.92 Å². The van der Waals surface area contributed by atoms with Gasteiger partial charge >= 0.3 is 6.18 Å². The Morgan fingerprint density at radius 2 is 1.82 bits per heavy atom. The number of nitrogens with one attached hydrogen (secondary N) is 1. The van der Waals surface area contributed by atoms with Crippen LogP contribution in [0.2, 0.25) is 0 Å². The Morgan fingerprint density at radius 3 is 2.29 bits per heavy atom. The molecule has 1 nitrogen and oxygen atoms in total. The quantitative estimate of drug-likeness (QED) is 0.735. The molecule has 0 saturated heterocycles. The SMILES string of the molecule is C=C/C(=C\C=C(/C)NC1CCCC1)C(F)(F)F. The molecule has 1 rings (SSSR count). The smallest absolute Gasteiger partial charge is 0.386 e. The Morgan fingerprint density at radius 1 is 1.24 bits per heavy atom. The molecule has 96 valence electrons. The van der Waals surface area contributed by atoms with Crippen molar-refractivity contribution in [1.82, 2.24) is 5.32 Å². The van der Waals surface area contributed by atoms with Crippen LogP contribution in [-0.2, 0) is 0 Å². The zero-order valence-electron chi connectivity index (χ0n) is 9.98. The number of allylic oxidation sites excluding steroid dienone is 5. The predicted molar refractivity (Wildman–Crippen MR) is 63.5 cm³/mol. The monoisotopic (exact) mass is 245 g/mol. The van der Waals surface area contributed by atoms with Gasteiger partial charge in [0.1, 0.15) is 0 Å². The minimum atomic E-state index is -4.33. The largest absolute Gasteiger partial charge is 0.416 e. The molecule has 0 unspecified atom stereocenters. The van der Waals surface area contributed by atoms with Gasteiger partial charge in [-0.15, -0.1) is 0 Å². The zero-order chi connectivity index (χ0) is 12.9. The minimum Gasteiger partial charge on any atom is -0.386 e. The number of rotatable bonds is 4. The summed E-state index contributed by atoms with van der Waals surface area (Å²) in [5, 5.41) is 3.22. The van der Waals surface area contributed by atoms with Gasteiger partial charge in [0.25, 0.3) is 0 Å². The van der Waals surface area contributed by atoms with E-state index in [1.165, 1.54) is 18.9 Å². The Hall–Kier alpha value is -1.19. The van der Waals surface area contributed by atoms with Crippen LogP contribution in [0.5, 0.6) is 0 Å². The molecule has 1 aliphatic carbocycles. The summed E-state index contributed by atoms with van der Waals surface area (Å²) in [5.41, 5.74) is 0.0468. The number of hydrogen-bond donors (Lipinski definition) is 1. The maximum Gasteiger partial charge on any atom is 0.416 e. The molecule has 0 atom stereocenters. The van der Waals surface area contributed by atoms with Crippen LogP contribution < -0.4 is 5.32 Å². The van der Waals surface area contributed by atoms with Gasteiger partial charge in [0, 0.05) is 11.7 Å². The van der Waals surface area contributed by atoms with E-state index in [9.17, 15) is 13.2 Å². The lowest BCUT2D eigenvalue weighted by atomic mass is 10.2. The molecule has 0 radical (unpaired) electrons. The molecule has 0 bridgehead atoms. The van der Waals surface area contributed by atoms with Gasteiger partial charge in [0.2, 0.25) is 0 Å². The van der Waals surface area contributed by atoms with Gasteiger partial charge in [-0.3, -0.25) is 0 Å². The molecule has 1 N–H and O–H groups in total. The highest BCUT2D eigenvalue weighted by Crippen LogP contribution is 2.26. The molecule has 1 aliphatic rings. The average molecular weight is 245 g/mol. The molecule has 0 aliphatic heterocycles. The molecule has 4 heteroatoms. The van der Waals surface area contributed by atoms with Crippen molar-refractivity contribution >= 4 is 0 Å². The summed E-state index contributed by atoms with van der Waals surface area (Å²) in [5.74, 6) is 0. The molecule has 0 aromatic rings. The highest BCUT2D eigenvalue weighted by atomic mass is 19.4. The summed E-state index contributed by atoms with van der Waals surface area (Å²) in [6, 6.07) is 0.415. The van der Waals surface area contributed by atoms with Crippen molar-refractivity contribution in [3.63, 3.8) is 0 Å². The summed E-state index contributed by atoms with van der Waals surface area (Å²) in [7, 11) is 0. The lowest BCUT2D eigenvalue weighted by molar-refractivity contribution is -0.0881. The molecule has 0 aromatic carbocycles. The van der Waals surface area contributed by atoms with Crippen LogP contribution in [0.4, 0.5) is 13.2 Å². The van der Waals surface area contributed by atoms with Crippen LogP contribution in [0.25, 0.3) is 0 Å². The summed E-state index contributed by atoms with van der Waals surface area (Å²) < 4.78 is 37.2. The minimum absolute atomic E-state index is 0.415. The fraction of sp³-hybridized carbons (Fsp3) is 0.538. The van der Waals surface area contributed by atoms with E-state index in [4.69, 9.17) is 0 Å². The van der Waals surface area contributed by atoms with E-state index in [2.05, 4.69) is 11.9 Å². The Balaban J connectivity index is 2.60. The molecular weight excluding hydrogens is 227 g/mol. The normalized spacial score (nSPS) is 19.5. The average Bonchev–Trinajstić information content (AvgIpc) is 2.69. The first kappa shape index (κ1) is 13.9. The van der Waals surface area contributed by atoms with E-state index in [-0.39, 0.29) is 0 Å². The van der Waals surface area contributed by atoms with E-state index >= 15 is 0 Å². The number of hydrogen-bond acceptors (Lipinski definition) is 1. The van der Waals surface area contributed by atoms with Gasteiger partial charge in [-0.25, -0.2) is 0 Å². The van der Waals surface area contributed by atoms with Crippen molar-refractivity contribution in [3.05, 3.63) is 36.1 Å². The first-order valence-electron chi connectivity index (χ1n) is 5.78. The van der Waals surface area contributed by atoms with Crippen molar-refractivity contribution in [3.8, 4) is 0 Å². The Bertz CT molecular complexity index is 320. The van der Waals surface area contributed by atoms with E-state index in [1.807, 2.05) is 0 Å². The second kappa shape index (κ2) is 5.94. The van der Waals surface area contributed by atoms with Crippen LogP contribution in [0.1, 0.15) is 32.6 Å². The van der Waals surface area contributed by atoms with E-state index < -0.39 is 11.7 Å². The van der Waals surface area contributed by atoms with Crippen molar-refractivity contribution in [2.45, 2.75) is 44.8 Å². The van der Waals surface area contributed by atoms with Crippen molar-refractivity contribution in [1.29, 1.82) is 0 Å². The molecular formula is C13H18F3N. The molecule has 1 saturated carbocycles. The highest BCUT2D eigenvalue weighted by Gasteiger charge is 2.30. The molecule has 0 heterocycles. The first-order chi connectivity index (χ1) is 7.93. The van der Waals surface area contributed by atoms with Crippen LogP contribution in [0, 0.1) is 0 Å². The van der Waals surface area contributed by atoms with Crippen molar-refractivity contribution in [2.75, 3.05) is 0 Å². The third-order valence-electron chi connectivity index (χ3n) is 2.85. The maximum atomic E-state index is 12.4. The molecule has 0 amide bonds. The maximum absolute atomic E-state index is 12.4. The summed E-state index contributed by atoms with van der Waals surface area (Å²) in [6.07, 6.45) is 3.62. The molecule has 0 aromatic heterocycles. The summed E-state index contributed by atoms with van der Waals surface area (Å²) in [6.45, 7) is 4.95.